The van der Waals surface area contributed by atoms with Gasteiger partial charge in [0.25, 0.3) is 0 Å². The van der Waals surface area contributed by atoms with E-state index in [1.54, 1.807) is 0 Å². The highest BCUT2D eigenvalue weighted by atomic mass is 16.1. The minimum Gasteiger partial charge on any atom is -0.298 e. The van der Waals surface area contributed by atoms with Crippen LogP contribution in [0.1, 0.15) is 54.1 Å². The summed E-state index contributed by atoms with van der Waals surface area (Å²) in [5.41, 5.74) is 2.17. The molecule has 0 radical (unpaired) electrons. The number of carbonyl (C=O) groups is 1. The van der Waals surface area contributed by atoms with Gasteiger partial charge in [0.1, 0.15) is 6.29 Å². The van der Waals surface area contributed by atoms with Crippen LogP contribution in [-0.2, 0) is 0 Å². The van der Waals surface area contributed by atoms with Crippen LogP contribution in [0.25, 0.3) is 0 Å². The van der Waals surface area contributed by atoms with Crippen LogP contribution >= 0.6 is 0 Å². The van der Waals surface area contributed by atoms with Crippen molar-refractivity contribution < 1.29 is 4.79 Å². The predicted octanol–water partition coefficient (Wildman–Crippen LogP) is 3.19. The van der Waals surface area contributed by atoms with Crippen molar-refractivity contribution in [3.63, 3.8) is 0 Å². The molecular weight excluding hydrogens is 210 g/mol. The molecule has 0 aliphatic carbocycles. The summed E-state index contributed by atoms with van der Waals surface area (Å²) in [5, 5.41) is 0. The lowest BCUT2D eigenvalue weighted by molar-refractivity contribution is 0.112. The average molecular weight is 229 g/mol. The second-order valence-corrected chi connectivity index (χ2v) is 5.27. The minimum atomic E-state index is 0.598. The number of fused-ring (bicyclic) bond motifs is 1. The zero-order chi connectivity index (χ0) is 11.7. The SMILES string of the molecule is O=Cc1ccc([C@H]2CC[C@H]3CCCCN32)cc1. The van der Waals surface area contributed by atoms with Crippen molar-refractivity contribution in [3.05, 3.63) is 35.4 Å². The van der Waals surface area contributed by atoms with Gasteiger partial charge in [0.05, 0.1) is 0 Å². The van der Waals surface area contributed by atoms with Gasteiger partial charge in [-0.3, -0.25) is 9.69 Å². The molecule has 0 aromatic heterocycles. The number of carbonyl (C=O) groups excluding carboxylic acids is 1. The molecule has 2 aliphatic heterocycles. The largest absolute Gasteiger partial charge is 0.298 e. The van der Waals surface area contributed by atoms with Crippen molar-refractivity contribution >= 4 is 6.29 Å². The lowest BCUT2D eigenvalue weighted by atomic mass is 10.0. The van der Waals surface area contributed by atoms with Crippen molar-refractivity contribution in [1.82, 2.24) is 4.90 Å². The van der Waals surface area contributed by atoms with Crippen LogP contribution < -0.4 is 0 Å². The first-order valence-corrected chi connectivity index (χ1v) is 6.69. The molecule has 0 N–H and O–H groups in total. The Morgan fingerprint density at radius 3 is 2.65 bits per heavy atom. The van der Waals surface area contributed by atoms with Gasteiger partial charge in [-0.15, -0.1) is 0 Å². The first-order valence-electron chi connectivity index (χ1n) is 6.69. The van der Waals surface area contributed by atoms with Gasteiger partial charge in [-0.05, 0) is 37.8 Å². The Kier molecular flexibility index (Phi) is 2.98. The molecule has 0 amide bonds. The van der Waals surface area contributed by atoms with Crippen molar-refractivity contribution in [1.29, 1.82) is 0 Å². The first-order chi connectivity index (χ1) is 8.38. The first kappa shape index (κ1) is 11.0. The van der Waals surface area contributed by atoms with E-state index >= 15 is 0 Å². The van der Waals surface area contributed by atoms with E-state index in [0.717, 1.165) is 17.9 Å². The molecule has 2 atom stereocenters. The number of rotatable bonds is 2. The van der Waals surface area contributed by atoms with Crippen LogP contribution in [0.15, 0.2) is 24.3 Å². The molecule has 2 aliphatic rings. The third-order valence-corrected chi connectivity index (χ3v) is 4.30. The van der Waals surface area contributed by atoms with Crippen LogP contribution in [0.4, 0.5) is 0 Å². The maximum absolute atomic E-state index is 10.7. The van der Waals surface area contributed by atoms with Gasteiger partial charge in [-0.1, -0.05) is 30.7 Å². The van der Waals surface area contributed by atoms with Gasteiger partial charge in [-0.25, -0.2) is 0 Å². The quantitative estimate of drug-likeness (QED) is 0.726. The molecular formula is C15H19NO. The molecule has 0 unspecified atom stereocenters. The Balaban J connectivity index is 1.81. The number of aldehydes is 1. The standard InChI is InChI=1S/C15H19NO/c17-11-12-4-6-13(7-5-12)15-9-8-14-3-1-2-10-16(14)15/h4-7,11,14-15H,1-3,8-10H2/t14-,15-/m1/s1. The van der Waals surface area contributed by atoms with Gasteiger partial charge in [0.15, 0.2) is 0 Å². The van der Waals surface area contributed by atoms with Gasteiger partial charge in [-0.2, -0.15) is 0 Å². The molecule has 2 fully saturated rings. The lowest BCUT2D eigenvalue weighted by Gasteiger charge is -2.34. The van der Waals surface area contributed by atoms with Crippen molar-refractivity contribution in [2.24, 2.45) is 0 Å². The highest BCUT2D eigenvalue weighted by molar-refractivity contribution is 5.74. The normalized spacial score (nSPS) is 28.9. The molecule has 2 saturated heterocycles. The van der Waals surface area contributed by atoms with Crippen LogP contribution in [-0.4, -0.2) is 23.8 Å². The fourth-order valence-corrected chi connectivity index (χ4v) is 3.41. The Morgan fingerprint density at radius 2 is 1.88 bits per heavy atom. The molecule has 0 spiro atoms. The zero-order valence-corrected chi connectivity index (χ0v) is 10.1. The van der Waals surface area contributed by atoms with E-state index in [2.05, 4.69) is 17.0 Å². The zero-order valence-electron chi connectivity index (χ0n) is 10.1. The summed E-state index contributed by atoms with van der Waals surface area (Å²) < 4.78 is 0. The monoisotopic (exact) mass is 229 g/mol. The number of nitrogens with zero attached hydrogens (tertiary/aromatic N) is 1. The third-order valence-electron chi connectivity index (χ3n) is 4.30. The summed E-state index contributed by atoms with van der Waals surface area (Å²) in [5.74, 6) is 0. The number of benzene rings is 1. The Bertz CT molecular complexity index is 398. The van der Waals surface area contributed by atoms with Crippen LogP contribution in [0.2, 0.25) is 0 Å². The highest BCUT2D eigenvalue weighted by Crippen LogP contribution is 2.40. The highest BCUT2D eigenvalue weighted by Gasteiger charge is 2.35. The average Bonchev–Trinajstić information content (AvgIpc) is 2.83. The van der Waals surface area contributed by atoms with Crippen LogP contribution in [0.3, 0.4) is 0 Å². The van der Waals surface area contributed by atoms with E-state index in [4.69, 9.17) is 0 Å². The van der Waals surface area contributed by atoms with Crippen molar-refractivity contribution in [2.75, 3.05) is 6.54 Å². The summed E-state index contributed by atoms with van der Waals surface area (Å²) in [4.78, 5) is 13.3. The van der Waals surface area contributed by atoms with E-state index < -0.39 is 0 Å². The maximum Gasteiger partial charge on any atom is 0.150 e. The van der Waals surface area contributed by atoms with E-state index in [-0.39, 0.29) is 0 Å². The lowest BCUT2D eigenvalue weighted by Crippen LogP contribution is -2.35. The molecule has 1 aromatic carbocycles. The van der Waals surface area contributed by atoms with Crippen molar-refractivity contribution in [2.45, 2.75) is 44.2 Å². The summed E-state index contributed by atoms with van der Waals surface area (Å²) in [6, 6.07) is 9.57. The van der Waals surface area contributed by atoms with Gasteiger partial charge in [0.2, 0.25) is 0 Å². The fourth-order valence-electron chi connectivity index (χ4n) is 3.41. The molecule has 0 saturated carbocycles. The van der Waals surface area contributed by atoms with E-state index in [1.807, 2.05) is 12.1 Å². The van der Waals surface area contributed by atoms with E-state index in [0.29, 0.717) is 6.04 Å². The van der Waals surface area contributed by atoms with Crippen molar-refractivity contribution in [3.8, 4) is 0 Å². The Hall–Kier alpha value is -1.15. The smallest absolute Gasteiger partial charge is 0.150 e. The number of hydrogen-bond acceptors (Lipinski definition) is 2. The number of hydrogen-bond donors (Lipinski definition) is 0. The summed E-state index contributed by atoms with van der Waals surface area (Å²) in [6.07, 6.45) is 7.67. The topological polar surface area (TPSA) is 20.3 Å². The molecule has 2 heterocycles. The second kappa shape index (κ2) is 4.61. The molecule has 17 heavy (non-hydrogen) atoms. The molecule has 0 bridgehead atoms. The molecule has 1 aromatic rings. The van der Waals surface area contributed by atoms with Gasteiger partial charge >= 0.3 is 0 Å². The van der Waals surface area contributed by atoms with Crippen LogP contribution in [0, 0.1) is 0 Å². The third kappa shape index (κ3) is 2.02. The van der Waals surface area contributed by atoms with E-state index in [9.17, 15) is 4.79 Å². The summed E-state index contributed by atoms with van der Waals surface area (Å²) >= 11 is 0. The van der Waals surface area contributed by atoms with Gasteiger partial charge < -0.3 is 0 Å². The summed E-state index contributed by atoms with van der Waals surface area (Å²) in [6.45, 7) is 1.25. The maximum atomic E-state index is 10.7. The van der Waals surface area contributed by atoms with Crippen LogP contribution in [0.5, 0.6) is 0 Å². The minimum absolute atomic E-state index is 0.598. The Labute approximate surface area is 103 Å². The molecule has 2 heteroatoms. The van der Waals surface area contributed by atoms with Gasteiger partial charge in [0, 0.05) is 17.6 Å². The second-order valence-electron chi connectivity index (χ2n) is 5.27. The predicted molar refractivity (Wildman–Crippen MR) is 68.1 cm³/mol. The van der Waals surface area contributed by atoms with E-state index in [1.165, 1.54) is 44.2 Å². The molecule has 90 valence electrons. The fraction of sp³-hybridized carbons (Fsp3) is 0.533. The summed E-state index contributed by atoms with van der Waals surface area (Å²) in [7, 11) is 0. The Morgan fingerprint density at radius 1 is 1.06 bits per heavy atom. The molecule has 3 rings (SSSR count). The number of piperidine rings is 1. The molecule has 2 nitrogen and oxygen atoms in total.